The van der Waals surface area contributed by atoms with Gasteiger partial charge in [-0.25, -0.2) is 4.79 Å². The number of carbonyl (C=O) groups is 2. The van der Waals surface area contributed by atoms with Gasteiger partial charge in [0, 0.05) is 30.6 Å². The fraction of sp³-hybridized carbons (Fsp3) is 0.389. The standard InChI is InChI=1S/C18H23N5O3/c1-10-15(11(2)21-20-10)16(18(25)26)19-17(24)14-9-13(22-23(14)3)12-7-5-4-6-8-12/h4-11,15-16,20-21H,1-3H3,(H,19,24)(H,25,26). The Morgan fingerprint density at radius 2 is 1.81 bits per heavy atom. The van der Waals surface area contributed by atoms with E-state index in [1.54, 1.807) is 13.1 Å². The molecule has 1 aliphatic rings. The first-order chi connectivity index (χ1) is 12.4. The average molecular weight is 357 g/mol. The zero-order valence-corrected chi connectivity index (χ0v) is 14.9. The van der Waals surface area contributed by atoms with E-state index in [-0.39, 0.29) is 18.0 Å². The Balaban J connectivity index is 1.82. The van der Waals surface area contributed by atoms with E-state index in [0.717, 1.165) is 5.56 Å². The van der Waals surface area contributed by atoms with Crippen LogP contribution in [0.2, 0.25) is 0 Å². The molecule has 1 amide bonds. The smallest absolute Gasteiger partial charge is 0.326 e. The average Bonchev–Trinajstić information content (AvgIpc) is 3.16. The zero-order valence-electron chi connectivity index (χ0n) is 14.9. The van der Waals surface area contributed by atoms with Crippen LogP contribution in [0.1, 0.15) is 24.3 Å². The molecule has 1 fully saturated rings. The van der Waals surface area contributed by atoms with Crippen LogP contribution in [0.3, 0.4) is 0 Å². The molecule has 0 aliphatic carbocycles. The predicted molar refractivity (Wildman–Crippen MR) is 96.2 cm³/mol. The first-order valence-electron chi connectivity index (χ1n) is 8.52. The van der Waals surface area contributed by atoms with E-state index < -0.39 is 17.9 Å². The highest BCUT2D eigenvalue weighted by Crippen LogP contribution is 2.21. The number of benzene rings is 1. The minimum atomic E-state index is -1.06. The second-order valence-corrected chi connectivity index (χ2v) is 6.64. The number of hydrazine groups is 1. The lowest BCUT2D eigenvalue weighted by Crippen LogP contribution is -2.51. The summed E-state index contributed by atoms with van der Waals surface area (Å²) in [5.74, 6) is -1.79. The van der Waals surface area contributed by atoms with Crippen LogP contribution >= 0.6 is 0 Å². The molecular weight excluding hydrogens is 334 g/mol. The Morgan fingerprint density at radius 1 is 1.19 bits per heavy atom. The summed E-state index contributed by atoms with van der Waals surface area (Å²) in [5.41, 5.74) is 7.91. The van der Waals surface area contributed by atoms with E-state index in [1.165, 1.54) is 4.68 Å². The maximum atomic E-state index is 12.7. The highest BCUT2D eigenvalue weighted by Gasteiger charge is 2.41. The van der Waals surface area contributed by atoms with Gasteiger partial charge in [-0.15, -0.1) is 0 Å². The maximum absolute atomic E-state index is 12.7. The van der Waals surface area contributed by atoms with Gasteiger partial charge < -0.3 is 10.4 Å². The topological polar surface area (TPSA) is 108 Å². The Labute approximate surface area is 151 Å². The number of aliphatic carboxylic acids is 1. The van der Waals surface area contributed by atoms with Gasteiger partial charge in [0.2, 0.25) is 0 Å². The molecule has 3 rings (SSSR count). The molecule has 0 radical (unpaired) electrons. The van der Waals surface area contributed by atoms with Crippen molar-refractivity contribution in [2.24, 2.45) is 13.0 Å². The number of aryl methyl sites for hydroxylation is 1. The minimum Gasteiger partial charge on any atom is -0.480 e. The van der Waals surface area contributed by atoms with E-state index in [1.807, 2.05) is 44.2 Å². The van der Waals surface area contributed by atoms with E-state index in [4.69, 9.17) is 0 Å². The number of amides is 1. The fourth-order valence-corrected chi connectivity index (χ4v) is 3.43. The summed E-state index contributed by atoms with van der Waals surface area (Å²) in [6.45, 7) is 3.78. The molecule has 1 aromatic carbocycles. The Bertz CT molecular complexity index is 794. The molecular formula is C18H23N5O3. The van der Waals surface area contributed by atoms with Crippen LogP contribution < -0.4 is 16.2 Å². The third kappa shape index (κ3) is 3.47. The molecule has 8 heteroatoms. The lowest BCUT2D eigenvalue weighted by atomic mass is 9.88. The van der Waals surface area contributed by atoms with Gasteiger partial charge in [0.15, 0.2) is 0 Å². The van der Waals surface area contributed by atoms with Gasteiger partial charge in [0.05, 0.1) is 5.69 Å². The summed E-state index contributed by atoms with van der Waals surface area (Å²) in [6, 6.07) is 10.00. The number of hydrogen-bond acceptors (Lipinski definition) is 5. The van der Waals surface area contributed by atoms with Crippen LogP contribution in [0.5, 0.6) is 0 Å². The number of hydrogen-bond donors (Lipinski definition) is 4. The molecule has 2 aromatic rings. The molecule has 0 bridgehead atoms. The van der Waals surface area contributed by atoms with E-state index in [9.17, 15) is 14.7 Å². The Kier molecular flexibility index (Phi) is 5.06. The van der Waals surface area contributed by atoms with Crippen molar-refractivity contribution in [1.29, 1.82) is 0 Å². The SMILES string of the molecule is CC1NNC(C)C1C(NC(=O)c1cc(-c2ccccc2)nn1C)C(=O)O. The van der Waals surface area contributed by atoms with Crippen LogP contribution in [-0.4, -0.2) is 44.9 Å². The highest BCUT2D eigenvalue weighted by atomic mass is 16.4. The van der Waals surface area contributed by atoms with Crippen LogP contribution in [-0.2, 0) is 11.8 Å². The summed E-state index contributed by atoms with van der Waals surface area (Å²) >= 11 is 0. The first-order valence-corrected chi connectivity index (χ1v) is 8.52. The second-order valence-electron chi connectivity index (χ2n) is 6.64. The monoisotopic (exact) mass is 357 g/mol. The quantitative estimate of drug-likeness (QED) is 0.630. The summed E-state index contributed by atoms with van der Waals surface area (Å²) in [4.78, 5) is 24.5. The van der Waals surface area contributed by atoms with Crippen LogP contribution in [0.25, 0.3) is 11.3 Å². The molecule has 138 valence electrons. The van der Waals surface area contributed by atoms with Crippen molar-refractivity contribution >= 4 is 11.9 Å². The van der Waals surface area contributed by atoms with E-state index in [2.05, 4.69) is 21.3 Å². The van der Waals surface area contributed by atoms with Crippen LogP contribution in [0.15, 0.2) is 36.4 Å². The fourth-order valence-electron chi connectivity index (χ4n) is 3.43. The maximum Gasteiger partial charge on any atom is 0.326 e. The molecule has 1 saturated heterocycles. The number of aromatic nitrogens is 2. The van der Waals surface area contributed by atoms with Crippen molar-refractivity contribution in [3.63, 3.8) is 0 Å². The summed E-state index contributed by atoms with van der Waals surface area (Å²) in [7, 11) is 1.67. The molecule has 2 heterocycles. The van der Waals surface area contributed by atoms with Gasteiger partial charge in [-0.2, -0.15) is 5.10 Å². The zero-order chi connectivity index (χ0) is 18.8. The minimum absolute atomic E-state index is 0.0854. The predicted octanol–water partition coefficient (Wildman–Crippen LogP) is 0.771. The number of nitrogens with one attached hydrogen (secondary N) is 3. The highest BCUT2D eigenvalue weighted by molar-refractivity contribution is 5.96. The molecule has 8 nitrogen and oxygen atoms in total. The van der Waals surface area contributed by atoms with Gasteiger partial charge in [-0.05, 0) is 19.9 Å². The molecule has 3 atom stereocenters. The van der Waals surface area contributed by atoms with Crippen molar-refractivity contribution in [1.82, 2.24) is 25.9 Å². The van der Waals surface area contributed by atoms with Gasteiger partial charge in [0.25, 0.3) is 5.91 Å². The van der Waals surface area contributed by atoms with Gasteiger partial charge in [-0.3, -0.25) is 20.3 Å². The van der Waals surface area contributed by atoms with Crippen molar-refractivity contribution in [3.8, 4) is 11.3 Å². The van der Waals surface area contributed by atoms with Crippen molar-refractivity contribution in [2.45, 2.75) is 32.0 Å². The van der Waals surface area contributed by atoms with E-state index in [0.29, 0.717) is 11.4 Å². The largest absolute Gasteiger partial charge is 0.480 e. The molecule has 26 heavy (non-hydrogen) atoms. The molecule has 1 aliphatic heterocycles. The van der Waals surface area contributed by atoms with Gasteiger partial charge in [0.1, 0.15) is 11.7 Å². The summed E-state index contributed by atoms with van der Waals surface area (Å²) in [5, 5.41) is 16.7. The number of rotatable bonds is 5. The third-order valence-electron chi connectivity index (χ3n) is 4.81. The van der Waals surface area contributed by atoms with Gasteiger partial charge >= 0.3 is 5.97 Å². The summed E-state index contributed by atoms with van der Waals surface area (Å²) < 4.78 is 1.47. The van der Waals surface area contributed by atoms with Crippen LogP contribution in [0, 0.1) is 5.92 Å². The number of carboxylic acid groups (broad SMARTS) is 1. The van der Waals surface area contributed by atoms with Crippen molar-refractivity contribution in [3.05, 3.63) is 42.1 Å². The van der Waals surface area contributed by atoms with Crippen molar-refractivity contribution < 1.29 is 14.7 Å². The lowest BCUT2D eigenvalue weighted by molar-refractivity contribution is -0.141. The van der Waals surface area contributed by atoms with E-state index >= 15 is 0 Å². The number of carbonyl (C=O) groups excluding carboxylic acids is 1. The number of carboxylic acids is 1. The Hall–Kier alpha value is -2.71. The molecule has 0 spiro atoms. The lowest BCUT2D eigenvalue weighted by Gasteiger charge is -2.26. The number of nitrogens with zero attached hydrogens (tertiary/aromatic N) is 2. The normalized spacial score (nSPS) is 23.6. The van der Waals surface area contributed by atoms with Crippen LogP contribution in [0.4, 0.5) is 0 Å². The van der Waals surface area contributed by atoms with Gasteiger partial charge in [-0.1, -0.05) is 30.3 Å². The molecule has 1 aromatic heterocycles. The Morgan fingerprint density at radius 3 is 2.38 bits per heavy atom. The summed E-state index contributed by atoms with van der Waals surface area (Å²) in [6.07, 6.45) is 0. The third-order valence-corrected chi connectivity index (χ3v) is 4.81. The molecule has 0 saturated carbocycles. The molecule has 4 N–H and O–H groups in total. The second kappa shape index (κ2) is 7.27. The first kappa shape index (κ1) is 18.1. The van der Waals surface area contributed by atoms with Crippen molar-refractivity contribution in [2.75, 3.05) is 0 Å². The molecule has 3 unspecified atom stereocenters.